The van der Waals surface area contributed by atoms with Crippen LogP contribution < -0.4 is 10.2 Å². The monoisotopic (exact) mass is 334 g/mol. The topological polar surface area (TPSA) is 28.4 Å². The Kier molecular flexibility index (Phi) is 4.01. The molecule has 0 atom stereocenters. The Morgan fingerprint density at radius 1 is 1.20 bits per heavy atom. The highest BCUT2D eigenvalue weighted by atomic mass is 79.9. The van der Waals surface area contributed by atoms with Crippen LogP contribution in [-0.2, 0) is 6.54 Å². The van der Waals surface area contributed by atoms with Crippen LogP contribution in [0.15, 0.2) is 39.4 Å². The quantitative estimate of drug-likeness (QED) is 0.888. The molecule has 0 aliphatic carbocycles. The van der Waals surface area contributed by atoms with Gasteiger partial charge in [0, 0.05) is 24.5 Å². The van der Waals surface area contributed by atoms with E-state index in [1.165, 1.54) is 42.9 Å². The Morgan fingerprint density at radius 3 is 2.65 bits per heavy atom. The summed E-state index contributed by atoms with van der Waals surface area (Å²) in [6.07, 6.45) is 2.62. The molecule has 1 aromatic carbocycles. The van der Waals surface area contributed by atoms with E-state index in [9.17, 15) is 0 Å². The molecule has 0 bridgehead atoms. The Morgan fingerprint density at radius 2 is 2.00 bits per heavy atom. The number of hydrogen-bond donors (Lipinski definition) is 1. The van der Waals surface area contributed by atoms with Crippen LogP contribution in [0.25, 0.3) is 0 Å². The third-order valence-corrected chi connectivity index (χ3v) is 4.19. The summed E-state index contributed by atoms with van der Waals surface area (Å²) in [4.78, 5) is 2.46. The molecule has 1 fully saturated rings. The van der Waals surface area contributed by atoms with Crippen LogP contribution in [0.2, 0.25) is 0 Å². The second-order valence-corrected chi connectivity index (χ2v) is 6.03. The molecular formula is C16H19BrN2O. The van der Waals surface area contributed by atoms with Crippen LogP contribution in [0, 0.1) is 6.92 Å². The van der Waals surface area contributed by atoms with Crippen molar-refractivity contribution < 1.29 is 4.42 Å². The molecule has 4 heteroatoms. The maximum atomic E-state index is 5.50. The molecule has 0 amide bonds. The number of rotatable bonds is 4. The van der Waals surface area contributed by atoms with Gasteiger partial charge in [-0.05, 0) is 71.6 Å². The first kappa shape index (κ1) is 13.6. The van der Waals surface area contributed by atoms with E-state index in [-0.39, 0.29) is 0 Å². The Labute approximate surface area is 128 Å². The van der Waals surface area contributed by atoms with Gasteiger partial charge >= 0.3 is 0 Å². The van der Waals surface area contributed by atoms with Gasteiger partial charge in [0.25, 0.3) is 0 Å². The number of nitrogens with zero attached hydrogens (tertiary/aromatic N) is 1. The smallest absolute Gasteiger partial charge is 0.169 e. The van der Waals surface area contributed by atoms with Gasteiger partial charge in [0.05, 0.1) is 6.54 Å². The predicted octanol–water partition coefficient (Wildman–Crippen LogP) is 4.56. The van der Waals surface area contributed by atoms with Gasteiger partial charge in [0.2, 0.25) is 0 Å². The summed E-state index contributed by atoms with van der Waals surface area (Å²) in [7, 11) is 0. The van der Waals surface area contributed by atoms with E-state index in [2.05, 4.69) is 51.3 Å². The number of benzene rings is 1. The van der Waals surface area contributed by atoms with Crippen molar-refractivity contribution in [3.8, 4) is 0 Å². The minimum absolute atomic E-state index is 0.704. The summed E-state index contributed by atoms with van der Waals surface area (Å²) in [5.41, 5.74) is 3.78. The fourth-order valence-corrected chi connectivity index (χ4v) is 2.99. The maximum absolute atomic E-state index is 5.50. The van der Waals surface area contributed by atoms with E-state index >= 15 is 0 Å². The average molecular weight is 335 g/mol. The van der Waals surface area contributed by atoms with Crippen molar-refractivity contribution in [3.05, 3.63) is 46.3 Å². The molecule has 1 saturated heterocycles. The first-order chi connectivity index (χ1) is 9.72. The van der Waals surface area contributed by atoms with E-state index in [0.717, 1.165) is 10.4 Å². The Hall–Kier alpha value is -1.42. The molecule has 20 heavy (non-hydrogen) atoms. The van der Waals surface area contributed by atoms with E-state index < -0.39 is 0 Å². The lowest BCUT2D eigenvalue weighted by Crippen LogP contribution is -2.17. The Bertz CT molecular complexity index is 588. The third-order valence-electron chi connectivity index (χ3n) is 3.76. The summed E-state index contributed by atoms with van der Waals surface area (Å²) in [6.45, 7) is 5.23. The first-order valence-electron chi connectivity index (χ1n) is 7.06. The lowest BCUT2D eigenvalue weighted by Gasteiger charge is -2.19. The van der Waals surface area contributed by atoms with Crippen molar-refractivity contribution in [2.45, 2.75) is 26.3 Å². The van der Waals surface area contributed by atoms with Crippen molar-refractivity contribution in [3.63, 3.8) is 0 Å². The summed E-state index contributed by atoms with van der Waals surface area (Å²) in [6, 6.07) is 10.5. The third kappa shape index (κ3) is 3.01. The summed E-state index contributed by atoms with van der Waals surface area (Å²) >= 11 is 3.32. The van der Waals surface area contributed by atoms with Gasteiger partial charge in [-0.3, -0.25) is 0 Å². The van der Waals surface area contributed by atoms with Crippen LogP contribution in [0.4, 0.5) is 11.4 Å². The van der Waals surface area contributed by atoms with Crippen molar-refractivity contribution in [1.29, 1.82) is 0 Å². The van der Waals surface area contributed by atoms with Gasteiger partial charge in [-0.2, -0.15) is 0 Å². The zero-order valence-electron chi connectivity index (χ0n) is 11.7. The van der Waals surface area contributed by atoms with Crippen LogP contribution >= 0.6 is 15.9 Å². The lowest BCUT2D eigenvalue weighted by molar-refractivity contribution is 0.495. The molecule has 1 N–H and O–H groups in total. The highest BCUT2D eigenvalue weighted by Gasteiger charge is 2.13. The zero-order chi connectivity index (χ0) is 13.9. The number of aryl methyl sites for hydroxylation is 1. The SMILES string of the molecule is Cc1cc(N2CCCC2)ccc1NCc1ccc(Br)o1. The molecule has 0 radical (unpaired) electrons. The Balaban J connectivity index is 1.67. The van der Waals surface area contributed by atoms with Crippen molar-refractivity contribution in [2.24, 2.45) is 0 Å². The highest BCUT2D eigenvalue weighted by Crippen LogP contribution is 2.26. The summed E-state index contributed by atoms with van der Waals surface area (Å²) in [5.74, 6) is 0.930. The maximum Gasteiger partial charge on any atom is 0.169 e. The summed E-state index contributed by atoms with van der Waals surface area (Å²) < 4.78 is 6.27. The van der Waals surface area contributed by atoms with Crippen LogP contribution in [0.1, 0.15) is 24.2 Å². The normalized spacial score (nSPS) is 14.8. The molecule has 2 aromatic rings. The average Bonchev–Trinajstić information content (AvgIpc) is 3.08. The predicted molar refractivity (Wildman–Crippen MR) is 86.4 cm³/mol. The van der Waals surface area contributed by atoms with E-state index in [1.807, 2.05) is 12.1 Å². The first-order valence-corrected chi connectivity index (χ1v) is 7.85. The van der Waals surface area contributed by atoms with Gasteiger partial charge in [0.15, 0.2) is 4.67 Å². The van der Waals surface area contributed by atoms with Gasteiger partial charge in [-0.1, -0.05) is 0 Å². The van der Waals surface area contributed by atoms with E-state index in [4.69, 9.17) is 4.42 Å². The van der Waals surface area contributed by atoms with Crippen molar-refractivity contribution >= 4 is 27.3 Å². The highest BCUT2D eigenvalue weighted by molar-refractivity contribution is 9.10. The van der Waals surface area contributed by atoms with Crippen molar-refractivity contribution in [2.75, 3.05) is 23.3 Å². The van der Waals surface area contributed by atoms with Crippen LogP contribution in [0.5, 0.6) is 0 Å². The molecule has 1 aliphatic rings. The number of halogens is 1. The zero-order valence-corrected chi connectivity index (χ0v) is 13.2. The lowest BCUT2D eigenvalue weighted by atomic mass is 10.1. The molecule has 2 heterocycles. The number of furan rings is 1. The molecule has 0 spiro atoms. The molecule has 1 aliphatic heterocycles. The van der Waals surface area contributed by atoms with Crippen molar-refractivity contribution in [1.82, 2.24) is 0 Å². The molecular weight excluding hydrogens is 316 g/mol. The molecule has 0 saturated carbocycles. The minimum Gasteiger partial charge on any atom is -0.452 e. The molecule has 0 unspecified atom stereocenters. The van der Waals surface area contributed by atoms with Gasteiger partial charge in [-0.25, -0.2) is 0 Å². The van der Waals surface area contributed by atoms with Crippen LogP contribution in [-0.4, -0.2) is 13.1 Å². The van der Waals surface area contributed by atoms with E-state index in [1.54, 1.807) is 0 Å². The second kappa shape index (κ2) is 5.92. The van der Waals surface area contributed by atoms with Gasteiger partial charge in [0.1, 0.15) is 5.76 Å². The fourth-order valence-electron chi connectivity index (χ4n) is 2.65. The number of nitrogens with one attached hydrogen (secondary N) is 1. The minimum atomic E-state index is 0.704. The summed E-state index contributed by atoms with van der Waals surface area (Å²) in [5, 5.41) is 3.43. The molecule has 106 valence electrons. The molecule has 3 nitrogen and oxygen atoms in total. The second-order valence-electron chi connectivity index (χ2n) is 5.25. The van der Waals surface area contributed by atoms with Gasteiger partial charge < -0.3 is 14.6 Å². The van der Waals surface area contributed by atoms with E-state index in [0.29, 0.717) is 6.54 Å². The standard InChI is InChI=1S/C16H19BrN2O/c1-12-10-13(19-8-2-3-9-19)4-6-15(12)18-11-14-5-7-16(17)20-14/h4-7,10,18H,2-3,8-9,11H2,1H3. The molecule has 3 rings (SSSR count). The number of hydrogen-bond acceptors (Lipinski definition) is 3. The largest absolute Gasteiger partial charge is 0.452 e. The molecule has 1 aromatic heterocycles. The van der Waals surface area contributed by atoms with Gasteiger partial charge in [-0.15, -0.1) is 0 Å². The fraction of sp³-hybridized carbons (Fsp3) is 0.375. The van der Waals surface area contributed by atoms with Crippen LogP contribution in [0.3, 0.4) is 0 Å². The number of anilines is 2.